The molecule has 2 aromatic carbocycles. The number of anilines is 1. The molecule has 6 heteroatoms. The standard InChI is InChI=1S/C20H24N2O3S/c1-16-10-8-9-15-22(16)20(23)18-13-6-7-14-19(18)26(24,25)21(2)17-11-4-3-5-12-17/h3-7,11-14,16H,8-10,15H2,1-2H3. The van der Waals surface area contributed by atoms with Crippen molar-refractivity contribution in [3.63, 3.8) is 0 Å². The van der Waals surface area contributed by atoms with Crippen molar-refractivity contribution < 1.29 is 13.2 Å². The van der Waals surface area contributed by atoms with E-state index < -0.39 is 10.0 Å². The Morgan fingerprint density at radius 1 is 1.04 bits per heavy atom. The zero-order chi connectivity index (χ0) is 18.7. The van der Waals surface area contributed by atoms with Crippen LogP contribution in [-0.2, 0) is 10.0 Å². The van der Waals surface area contributed by atoms with Crippen LogP contribution in [-0.4, -0.2) is 38.9 Å². The number of carbonyl (C=O) groups excluding carboxylic acids is 1. The molecule has 1 aliphatic rings. The Morgan fingerprint density at radius 3 is 2.38 bits per heavy atom. The lowest BCUT2D eigenvalue weighted by molar-refractivity contribution is 0.0631. The minimum atomic E-state index is -3.84. The Labute approximate surface area is 155 Å². The van der Waals surface area contributed by atoms with Gasteiger partial charge in [-0.15, -0.1) is 0 Å². The van der Waals surface area contributed by atoms with E-state index in [0.29, 0.717) is 12.2 Å². The third-order valence-electron chi connectivity index (χ3n) is 4.94. The molecular weight excluding hydrogens is 348 g/mol. The highest BCUT2D eigenvalue weighted by atomic mass is 32.2. The zero-order valence-corrected chi connectivity index (χ0v) is 15.9. The number of rotatable bonds is 4. The summed E-state index contributed by atoms with van der Waals surface area (Å²) in [5.41, 5.74) is 0.796. The molecule has 0 aromatic heterocycles. The molecule has 1 amide bonds. The summed E-state index contributed by atoms with van der Waals surface area (Å²) in [5.74, 6) is -0.210. The van der Waals surface area contributed by atoms with E-state index in [9.17, 15) is 13.2 Å². The fourth-order valence-corrected chi connectivity index (χ4v) is 4.73. The minimum absolute atomic E-state index is 0.0501. The van der Waals surface area contributed by atoms with Crippen LogP contribution in [0.25, 0.3) is 0 Å². The number of hydrogen-bond acceptors (Lipinski definition) is 3. The fraction of sp³-hybridized carbons (Fsp3) is 0.350. The van der Waals surface area contributed by atoms with E-state index in [0.717, 1.165) is 19.3 Å². The van der Waals surface area contributed by atoms with Gasteiger partial charge in [0.15, 0.2) is 0 Å². The van der Waals surface area contributed by atoms with Gasteiger partial charge in [-0.2, -0.15) is 0 Å². The van der Waals surface area contributed by atoms with Crippen LogP contribution in [0, 0.1) is 0 Å². The number of sulfonamides is 1. The van der Waals surface area contributed by atoms with Crippen molar-refractivity contribution in [1.82, 2.24) is 4.90 Å². The fourth-order valence-electron chi connectivity index (χ4n) is 3.35. The Hall–Kier alpha value is -2.34. The van der Waals surface area contributed by atoms with Crippen LogP contribution in [0.4, 0.5) is 5.69 Å². The molecule has 1 unspecified atom stereocenters. The van der Waals surface area contributed by atoms with Crippen LogP contribution < -0.4 is 4.31 Å². The Bertz CT molecular complexity index is 881. The SMILES string of the molecule is CC1CCCCN1C(=O)c1ccccc1S(=O)(=O)N(C)c1ccccc1. The monoisotopic (exact) mass is 372 g/mol. The van der Waals surface area contributed by atoms with Crippen molar-refractivity contribution in [3.8, 4) is 0 Å². The van der Waals surface area contributed by atoms with Gasteiger partial charge >= 0.3 is 0 Å². The average Bonchev–Trinajstić information content (AvgIpc) is 2.68. The predicted octanol–water partition coefficient (Wildman–Crippen LogP) is 3.53. The maximum atomic E-state index is 13.2. The van der Waals surface area contributed by atoms with Crippen molar-refractivity contribution in [2.75, 3.05) is 17.9 Å². The van der Waals surface area contributed by atoms with E-state index in [4.69, 9.17) is 0 Å². The highest BCUT2D eigenvalue weighted by Gasteiger charge is 2.31. The first-order chi connectivity index (χ1) is 12.4. The number of carbonyl (C=O) groups is 1. The molecule has 0 aliphatic carbocycles. The van der Waals surface area contributed by atoms with Gasteiger partial charge in [0.2, 0.25) is 0 Å². The van der Waals surface area contributed by atoms with E-state index in [1.165, 1.54) is 17.4 Å². The van der Waals surface area contributed by atoms with Gasteiger partial charge in [-0.1, -0.05) is 30.3 Å². The molecule has 0 saturated carbocycles. The Morgan fingerprint density at radius 2 is 1.69 bits per heavy atom. The highest BCUT2D eigenvalue weighted by Crippen LogP contribution is 2.27. The third kappa shape index (κ3) is 3.46. The molecule has 1 heterocycles. The molecule has 0 bridgehead atoms. The van der Waals surface area contributed by atoms with E-state index in [1.807, 2.05) is 13.0 Å². The van der Waals surface area contributed by atoms with Gasteiger partial charge in [0, 0.05) is 19.6 Å². The molecule has 5 nitrogen and oxygen atoms in total. The molecule has 0 radical (unpaired) electrons. The van der Waals surface area contributed by atoms with Crippen LogP contribution >= 0.6 is 0 Å². The van der Waals surface area contributed by atoms with Gasteiger partial charge in [0.25, 0.3) is 15.9 Å². The van der Waals surface area contributed by atoms with Crippen molar-refractivity contribution >= 4 is 21.6 Å². The lowest BCUT2D eigenvalue weighted by Crippen LogP contribution is -2.42. The van der Waals surface area contributed by atoms with Gasteiger partial charge in [-0.3, -0.25) is 9.10 Å². The zero-order valence-electron chi connectivity index (χ0n) is 15.1. The van der Waals surface area contributed by atoms with Crippen LogP contribution in [0.2, 0.25) is 0 Å². The lowest BCUT2D eigenvalue weighted by atomic mass is 10.0. The molecule has 138 valence electrons. The Balaban J connectivity index is 2.00. The summed E-state index contributed by atoms with van der Waals surface area (Å²) in [7, 11) is -2.33. The maximum Gasteiger partial charge on any atom is 0.264 e. The van der Waals surface area contributed by atoms with E-state index >= 15 is 0 Å². The third-order valence-corrected chi connectivity index (χ3v) is 6.78. The molecule has 3 rings (SSSR count). The molecule has 1 aliphatic heterocycles. The van der Waals surface area contributed by atoms with Gasteiger partial charge < -0.3 is 4.90 Å². The van der Waals surface area contributed by atoms with Crippen molar-refractivity contribution in [3.05, 3.63) is 60.2 Å². The topological polar surface area (TPSA) is 57.7 Å². The number of benzene rings is 2. The molecule has 0 spiro atoms. The molecule has 0 N–H and O–H groups in total. The number of amides is 1. The molecule has 2 aromatic rings. The van der Waals surface area contributed by atoms with Crippen molar-refractivity contribution in [2.45, 2.75) is 37.1 Å². The normalized spacial score (nSPS) is 17.8. The molecular formula is C20H24N2O3S. The summed E-state index contributed by atoms with van der Waals surface area (Å²) in [5, 5.41) is 0. The minimum Gasteiger partial charge on any atom is -0.336 e. The van der Waals surface area contributed by atoms with Crippen molar-refractivity contribution in [1.29, 1.82) is 0 Å². The molecule has 1 saturated heterocycles. The van der Waals surface area contributed by atoms with Crippen LogP contribution in [0.15, 0.2) is 59.5 Å². The van der Waals surface area contributed by atoms with Crippen LogP contribution in [0.3, 0.4) is 0 Å². The number of likely N-dealkylation sites (tertiary alicyclic amines) is 1. The summed E-state index contributed by atoms with van der Waals surface area (Å²) in [6.45, 7) is 2.69. The van der Waals surface area contributed by atoms with Crippen molar-refractivity contribution in [2.24, 2.45) is 0 Å². The van der Waals surface area contributed by atoms with Gasteiger partial charge in [-0.05, 0) is 50.5 Å². The van der Waals surface area contributed by atoms with Crippen LogP contribution in [0.1, 0.15) is 36.5 Å². The molecule has 1 fully saturated rings. The number of hydrogen-bond donors (Lipinski definition) is 0. The van der Waals surface area contributed by atoms with Gasteiger partial charge in [0.05, 0.1) is 11.3 Å². The maximum absolute atomic E-state index is 13.2. The van der Waals surface area contributed by atoms with E-state index in [2.05, 4.69) is 0 Å². The first kappa shape index (κ1) is 18.5. The first-order valence-electron chi connectivity index (χ1n) is 8.87. The molecule has 1 atom stereocenters. The number of piperidine rings is 1. The quantitative estimate of drug-likeness (QED) is 0.825. The van der Waals surface area contributed by atoms with Gasteiger partial charge in [-0.25, -0.2) is 8.42 Å². The summed E-state index contributed by atoms with van der Waals surface area (Å²) in [4.78, 5) is 14.9. The second kappa shape index (κ2) is 7.50. The Kier molecular flexibility index (Phi) is 5.32. The predicted molar refractivity (Wildman–Crippen MR) is 103 cm³/mol. The number of nitrogens with zero attached hydrogens (tertiary/aromatic N) is 2. The van der Waals surface area contributed by atoms with Crippen LogP contribution in [0.5, 0.6) is 0 Å². The summed E-state index contributed by atoms with van der Waals surface area (Å²) in [6, 6.07) is 15.5. The first-order valence-corrected chi connectivity index (χ1v) is 10.3. The summed E-state index contributed by atoms with van der Waals surface area (Å²) >= 11 is 0. The smallest absolute Gasteiger partial charge is 0.264 e. The van der Waals surface area contributed by atoms with Gasteiger partial charge in [0.1, 0.15) is 4.90 Å². The largest absolute Gasteiger partial charge is 0.336 e. The average molecular weight is 372 g/mol. The second-order valence-corrected chi connectivity index (χ2v) is 8.59. The summed E-state index contributed by atoms with van der Waals surface area (Å²) < 4.78 is 27.6. The second-order valence-electron chi connectivity index (χ2n) is 6.65. The van der Waals surface area contributed by atoms with E-state index in [-0.39, 0.29) is 22.4 Å². The highest BCUT2D eigenvalue weighted by molar-refractivity contribution is 7.92. The van der Waals surface area contributed by atoms with E-state index in [1.54, 1.807) is 47.4 Å². The number of para-hydroxylation sites is 1. The summed E-state index contributed by atoms with van der Waals surface area (Å²) in [6.07, 6.45) is 3.00. The molecule has 26 heavy (non-hydrogen) atoms. The lowest BCUT2D eigenvalue weighted by Gasteiger charge is -2.34.